The highest BCUT2D eigenvalue weighted by atomic mass is 19.3. The number of esters is 1. The second-order valence-corrected chi connectivity index (χ2v) is 3.81. The molecule has 0 amide bonds. The highest BCUT2D eigenvalue weighted by Crippen LogP contribution is 2.53. The molecule has 5 heteroatoms. The van der Waals surface area contributed by atoms with Crippen LogP contribution in [-0.2, 0) is 9.53 Å². The first-order chi connectivity index (χ1) is 6.57. The van der Waals surface area contributed by atoms with Crippen LogP contribution in [0.1, 0.15) is 19.8 Å². The highest BCUT2D eigenvalue weighted by Gasteiger charge is 2.70. The van der Waals surface area contributed by atoms with Gasteiger partial charge in [0.25, 0.3) is 5.92 Å². The molecule has 3 atom stereocenters. The number of hydrogen-bond acceptors (Lipinski definition) is 3. The summed E-state index contributed by atoms with van der Waals surface area (Å²) in [5, 5.41) is 2.64. The Hall–Kier alpha value is -0.710. The van der Waals surface area contributed by atoms with Crippen LogP contribution in [-0.4, -0.2) is 30.6 Å². The van der Waals surface area contributed by atoms with E-state index in [9.17, 15) is 13.6 Å². The first kappa shape index (κ1) is 9.83. The van der Waals surface area contributed by atoms with Gasteiger partial charge in [0.15, 0.2) is 0 Å². The summed E-state index contributed by atoms with van der Waals surface area (Å²) in [7, 11) is 0. The summed E-state index contributed by atoms with van der Waals surface area (Å²) in [5.41, 5.74) is 0. The number of rotatable bonds is 2. The molecular weight excluding hydrogens is 192 g/mol. The maximum absolute atomic E-state index is 12.9. The van der Waals surface area contributed by atoms with Crippen molar-refractivity contribution in [2.24, 2.45) is 5.92 Å². The maximum Gasteiger partial charge on any atom is 0.323 e. The summed E-state index contributed by atoms with van der Waals surface area (Å²) in [6, 6.07) is -1.34. The molecule has 80 valence electrons. The molecule has 1 aliphatic heterocycles. The molecule has 0 bridgehead atoms. The minimum atomic E-state index is -2.61. The lowest BCUT2D eigenvalue weighted by Crippen LogP contribution is -2.43. The third-order valence-corrected chi connectivity index (χ3v) is 2.92. The highest BCUT2D eigenvalue weighted by molar-refractivity contribution is 5.76. The number of alkyl halides is 2. The molecule has 3 nitrogen and oxygen atoms in total. The largest absolute Gasteiger partial charge is 0.465 e. The fraction of sp³-hybridized carbons (Fsp3) is 0.889. The van der Waals surface area contributed by atoms with E-state index >= 15 is 0 Å². The zero-order valence-corrected chi connectivity index (χ0v) is 7.93. The summed E-state index contributed by atoms with van der Waals surface area (Å²) in [6.07, 6.45) is 0.865. The van der Waals surface area contributed by atoms with Crippen molar-refractivity contribution in [3.05, 3.63) is 0 Å². The first-order valence-electron chi connectivity index (χ1n) is 4.88. The number of carbonyl (C=O) groups is 1. The monoisotopic (exact) mass is 205 g/mol. The van der Waals surface area contributed by atoms with Crippen LogP contribution >= 0.6 is 0 Å². The molecule has 1 N–H and O–H groups in total. The number of nitrogens with one attached hydrogen (secondary N) is 1. The van der Waals surface area contributed by atoms with Crippen molar-refractivity contribution >= 4 is 5.97 Å². The van der Waals surface area contributed by atoms with Gasteiger partial charge in [0.2, 0.25) is 0 Å². The Morgan fingerprint density at radius 2 is 2.29 bits per heavy atom. The quantitative estimate of drug-likeness (QED) is 0.682. The van der Waals surface area contributed by atoms with E-state index in [1.807, 2.05) is 0 Å². The number of halogens is 2. The topological polar surface area (TPSA) is 38.3 Å². The molecule has 1 heterocycles. The maximum atomic E-state index is 12.9. The van der Waals surface area contributed by atoms with Gasteiger partial charge in [-0.25, -0.2) is 8.78 Å². The lowest BCUT2D eigenvalue weighted by molar-refractivity contribution is -0.146. The first-order valence-corrected chi connectivity index (χ1v) is 4.88. The van der Waals surface area contributed by atoms with Crippen molar-refractivity contribution in [2.75, 3.05) is 6.61 Å². The second-order valence-electron chi connectivity index (χ2n) is 3.81. The van der Waals surface area contributed by atoms with Gasteiger partial charge < -0.3 is 4.74 Å². The summed E-state index contributed by atoms with van der Waals surface area (Å²) >= 11 is 0. The van der Waals surface area contributed by atoms with E-state index in [-0.39, 0.29) is 0 Å². The standard InChI is InChI=1S/C9H13F2NO2/c1-2-14-8(13)6-4-3-5-7(12-6)9(5,10)11/h5-7,12H,2-4H2,1H3. The molecule has 1 saturated carbocycles. The molecule has 0 radical (unpaired) electrons. The zero-order chi connectivity index (χ0) is 10.3. The predicted octanol–water partition coefficient (Wildman–Crippen LogP) is 0.935. The van der Waals surface area contributed by atoms with Crippen molar-refractivity contribution in [1.29, 1.82) is 0 Å². The van der Waals surface area contributed by atoms with E-state index in [4.69, 9.17) is 4.74 Å². The van der Waals surface area contributed by atoms with Crippen molar-refractivity contribution in [1.82, 2.24) is 5.32 Å². The number of ether oxygens (including phenoxy) is 1. The van der Waals surface area contributed by atoms with Gasteiger partial charge >= 0.3 is 5.97 Å². The van der Waals surface area contributed by atoms with Crippen molar-refractivity contribution in [3.8, 4) is 0 Å². The normalized spacial score (nSPS) is 38.6. The van der Waals surface area contributed by atoms with Crippen molar-refractivity contribution in [2.45, 2.75) is 37.8 Å². The van der Waals surface area contributed by atoms with Gasteiger partial charge in [0.1, 0.15) is 6.04 Å². The molecule has 2 fully saturated rings. The van der Waals surface area contributed by atoms with E-state index < -0.39 is 29.9 Å². The smallest absolute Gasteiger partial charge is 0.323 e. The molecule has 3 unspecified atom stereocenters. The molecule has 0 aromatic rings. The molecular formula is C9H13F2NO2. The Morgan fingerprint density at radius 1 is 1.57 bits per heavy atom. The Bertz CT molecular complexity index is 257. The van der Waals surface area contributed by atoms with Crippen LogP contribution < -0.4 is 5.32 Å². The van der Waals surface area contributed by atoms with E-state index in [2.05, 4.69) is 5.32 Å². The number of piperidine rings is 1. The van der Waals surface area contributed by atoms with Gasteiger partial charge in [-0.2, -0.15) is 0 Å². The van der Waals surface area contributed by atoms with Crippen molar-refractivity contribution in [3.63, 3.8) is 0 Å². The molecule has 0 aromatic carbocycles. The van der Waals surface area contributed by atoms with E-state index in [0.717, 1.165) is 0 Å². The SMILES string of the molecule is CCOC(=O)C1CCC2C(N1)C2(F)F. The zero-order valence-electron chi connectivity index (χ0n) is 7.93. The van der Waals surface area contributed by atoms with Crippen LogP contribution in [0.4, 0.5) is 8.78 Å². The summed E-state index contributed by atoms with van der Waals surface area (Å²) in [5.74, 6) is -3.58. The van der Waals surface area contributed by atoms with E-state index in [0.29, 0.717) is 19.4 Å². The Labute approximate surface area is 80.8 Å². The van der Waals surface area contributed by atoms with E-state index in [1.165, 1.54) is 0 Å². The Balaban J connectivity index is 1.91. The van der Waals surface area contributed by atoms with Gasteiger partial charge in [0.05, 0.1) is 12.6 Å². The van der Waals surface area contributed by atoms with Crippen LogP contribution in [0.25, 0.3) is 0 Å². The molecule has 14 heavy (non-hydrogen) atoms. The van der Waals surface area contributed by atoms with Gasteiger partial charge in [0, 0.05) is 5.92 Å². The molecule has 2 aliphatic rings. The molecule has 0 spiro atoms. The minimum Gasteiger partial charge on any atom is -0.465 e. The number of hydrogen-bond donors (Lipinski definition) is 1. The van der Waals surface area contributed by atoms with Crippen LogP contribution in [0.3, 0.4) is 0 Å². The fourth-order valence-corrected chi connectivity index (χ4v) is 2.05. The third-order valence-electron chi connectivity index (χ3n) is 2.92. The van der Waals surface area contributed by atoms with Gasteiger partial charge in [-0.3, -0.25) is 10.1 Å². The van der Waals surface area contributed by atoms with Crippen LogP contribution in [0.5, 0.6) is 0 Å². The number of fused-ring (bicyclic) bond motifs is 1. The fourth-order valence-electron chi connectivity index (χ4n) is 2.05. The second kappa shape index (κ2) is 3.15. The summed E-state index contributed by atoms with van der Waals surface area (Å²) < 4.78 is 30.6. The average molecular weight is 205 g/mol. The van der Waals surface area contributed by atoms with Gasteiger partial charge in [-0.1, -0.05) is 0 Å². The molecule has 0 aromatic heterocycles. The van der Waals surface area contributed by atoms with Crippen LogP contribution in [0.15, 0.2) is 0 Å². The Morgan fingerprint density at radius 3 is 2.86 bits per heavy atom. The Kier molecular flexibility index (Phi) is 2.21. The predicted molar refractivity (Wildman–Crippen MR) is 45.0 cm³/mol. The van der Waals surface area contributed by atoms with Crippen molar-refractivity contribution < 1.29 is 18.3 Å². The molecule has 2 rings (SSSR count). The van der Waals surface area contributed by atoms with Crippen LogP contribution in [0.2, 0.25) is 0 Å². The van der Waals surface area contributed by atoms with Crippen LogP contribution in [0, 0.1) is 5.92 Å². The minimum absolute atomic E-state index is 0.293. The molecule has 1 saturated heterocycles. The average Bonchev–Trinajstić information content (AvgIpc) is 2.70. The summed E-state index contributed by atoms with van der Waals surface area (Å²) in [6.45, 7) is 2.00. The van der Waals surface area contributed by atoms with Gasteiger partial charge in [-0.05, 0) is 19.8 Å². The third kappa shape index (κ3) is 1.39. The lowest BCUT2D eigenvalue weighted by atomic mass is 10.1. The summed E-state index contributed by atoms with van der Waals surface area (Å²) in [4.78, 5) is 11.2. The van der Waals surface area contributed by atoms with E-state index in [1.54, 1.807) is 6.92 Å². The lowest BCUT2D eigenvalue weighted by Gasteiger charge is -2.19. The number of carbonyl (C=O) groups excluding carboxylic acids is 1. The van der Waals surface area contributed by atoms with Gasteiger partial charge in [-0.15, -0.1) is 0 Å². The molecule has 1 aliphatic carbocycles.